The fourth-order valence-corrected chi connectivity index (χ4v) is 1.65. The number of aromatic amines is 1. The van der Waals surface area contributed by atoms with Gasteiger partial charge in [-0.05, 0) is 33.6 Å². The van der Waals surface area contributed by atoms with Gasteiger partial charge < -0.3 is 5.73 Å². The first kappa shape index (κ1) is 10.6. The fourth-order valence-electron chi connectivity index (χ4n) is 1.25. The third-order valence-corrected chi connectivity index (χ3v) is 2.52. The van der Waals surface area contributed by atoms with Gasteiger partial charge in [0.25, 0.3) is 0 Å². The van der Waals surface area contributed by atoms with Gasteiger partial charge in [-0.2, -0.15) is 10.2 Å². The van der Waals surface area contributed by atoms with Crippen molar-refractivity contribution in [3.05, 3.63) is 28.4 Å². The average Bonchev–Trinajstić information content (AvgIpc) is 2.60. The SMILES string of the molecule is NC(=O)NN=Cc1ccc2n[nH]c(Br)c2c1. The second-order valence-electron chi connectivity index (χ2n) is 3.05. The molecule has 0 atom stereocenters. The van der Waals surface area contributed by atoms with E-state index in [1.165, 1.54) is 6.21 Å². The van der Waals surface area contributed by atoms with Crippen LogP contribution in [0.3, 0.4) is 0 Å². The first-order chi connectivity index (χ1) is 7.66. The number of nitrogens with zero attached hydrogens (tertiary/aromatic N) is 2. The lowest BCUT2D eigenvalue weighted by Gasteiger charge is -1.94. The van der Waals surface area contributed by atoms with Crippen LogP contribution >= 0.6 is 15.9 Å². The number of halogens is 1. The second kappa shape index (κ2) is 4.31. The Morgan fingerprint density at radius 1 is 1.62 bits per heavy atom. The molecule has 2 aromatic rings. The van der Waals surface area contributed by atoms with Gasteiger partial charge in [0.2, 0.25) is 0 Å². The van der Waals surface area contributed by atoms with Crippen LogP contribution in [-0.4, -0.2) is 22.4 Å². The predicted octanol–water partition coefficient (Wildman–Crippen LogP) is 1.33. The predicted molar refractivity (Wildman–Crippen MR) is 64.1 cm³/mol. The number of carbonyl (C=O) groups is 1. The van der Waals surface area contributed by atoms with E-state index in [1.54, 1.807) is 0 Å². The molecular formula is C9H8BrN5O. The Kier molecular flexibility index (Phi) is 2.86. The molecule has 1 heterocycles. The van der Waals surface area contributed by atoms with Crippen LogP contribution in [0.2, 0.25) is 0 Å². The average molecular weight is 282 g/mol. The summed E-state index contributed by atoms with van der Waals surface area (Å²) < 4.78 is 0.806. The summed E-state index contributed by atoms with van der Waals surface area (Å²) in [6, 6.07) is 4.88. The molecule has 0 aliphatic carbocycles. The third kappa shape index (κ3) is 2.19. The Hall–Kier alpha value is -1.89. The van der Waals surface area contributed by atoms with E-state index in [0.717, 1.165) is 21.1 Å². The Labute approximate surface area is 99.0 Å². The van der Waals surface area contributed by atoms with Crippen LogP contribution in [-0.2, 0) is 0 Å². The minimum Gasteiger partial charge on any atom is -0.350 e. The number of fused-ring (bicyclic) bond motifs is 1. The van der Waals surface area contributed by atoms with Crippen LogP contribution in [0.5, 0.6) is 0 Å². The number of aromatic nitrogens is 2. The first-order valence-electron chi connectivity index (χ1n) is 4.39. The molecule has 0 saturated carbocycles. The summed E-state index contributed by atoms with van der Waals surface area (Å²) in [5, 5.41) is 11.5. The van der Waals surface area contributed by atoms with E-state index in [2.05, 4.69) is 36.7 Å². The van der Waals surface area contributed by atoms with Gasteiger partial charge in [0.1, 0.15) is 4.60 Å². The summed E-state index contributed by atoms with van der Waals surface area (Å²) in [5.41, 5.74) is 8.68. The van der Waals surface area contributed by atoms with E-state index >= 15 is 0 Å². The largest absolute Gasteiger partial charge is 0.350 e. The Morgan fingerprint density at radius 2 is 2.44 bits per heavy atom. The van der Waals surface area contributed by atoms with Crippen molar-refractivity contribution in [1.82, 2.24) is 15.6 Å². The van der Waals surface area contributed by atoms with Gasteiger partial charge in [-0.1, -0.05) is 6.07 Å². The molecular weight excluding hydrogens is 274 g/mol. The van der Waals surface area contributed by atoms with Crippen molar-refractivity contribution < 1.29 is 4.79 Å². The van der Waals surface area contributed by atoms with E-state index in [9.17, 15) is 4.79 Å². The van der Waals surface area contributed by atoms with E-state index in [1.807, 2.05) is 18.2 Å². The van der Waals surface area contributed by atoms with Crippen molar-refractivity contribution in [2.75, 3.05) is 0 Å². The number of hydrazone groups is 1. The van der Waals surface area contributed by atoms with E-state index in [-0.39, 0.29) is 0 Å². The van der Waals surface area contributed by atoms with Crippen LogP contribution in [0.1, 0.15) is 5.56 Å². The molecule has 0 radical (unpaired) electrons. The lowest BCUT2D eigenvalue weighted by atomic mass is 10.2. The molecule has 7 heteroatoms. The molecule has 0 aliphatic rings. The van der Waals surface area contributed by atoms with Gasteiger partial charge in [0.15, 0.2) is 0 Å². The molecule has 0 bridgehead atoms. The maximum atomic E-state index is 10.4. The van der Waals surface area contributed by atoms with Gasteiger partial charge in [0, 0.05) is 5.39 Å². The second-order valence-corrected chi connectivity index (χ2v) is 3.84. The normalized spacial score (nSPS) is 11.1. The Morgan fingerprint density at radius 3 is 3.19 bits per heavy atom. The number of H-pyrrole nitrogens is 1. The van der Waals surface area contributed by atoms with Crippen molar-refractivity contribution in [1.29, 1.82) is 0 Å². The van der Waals surface area contributed by atoms with Gasteiger partial charge in [-0.3, -0.25) is 5.10 Å². The highest BCUT2D eigenvalue weighted by molar-refractivity contribution is 9.10. The topological polar surface area (TPSA) is 96.2 Å². The zero-order valence-corrected chi connectivity index (χ0v) is 9.65. The maximum Gasteiger partial charge on any atom is 0.332 e. The first-order valence-corrected chi connectivity index (χ1v) is 5.18. The van der Waals surface area contributed by atoms with E-state index < -0.39 is 6.03 Å². The smallest absolute Gasteiger partial charge is 0.332 e. The molecule has 0 fully saturated rings. The van der Waals surface area contributed by atoms with Crippen LogP contribution < -0.4 is 11.2 Å². The molecule has 1 aromatic carbocycles. The van der Waals surface area contributed by atoms with Crippen LogP contribution in [0.4, 0.5) is 4.79 Å². The zero-order valence-electron chi connectivity index (χ0n) is 8.07. The van der Waals surface area contributed by atoms with Crippen molar-refractivity contribution in [2.24, 2.45) is 10.8 Å². The number of amides is 2. The van der Waals surface area contributed by atoms with Gasteiger partial charge >= 0.3 is 6.03 Å². The highest BCUT2D eigenvalue weighted by Crippen LogP contribution is 2.21. The monoisotopic (exact) mass is 281 g/mol. The number of nitrogens with one attached hydrogen (secondary N) is 2. The van der Waals surface area contributed by atoms with E-state index in [0.29, 0.717) is 0 Å². The quantitative estimate of drug-likeness (QED) is 0.572. The molecule has 0 unspecified atom stereocenters. The lowest BCUT2D eigenvalue weighted by molar-refractivity contribution is 0.249. The molecule has 2 amide bonds. The number of carbonyl (C=O) groups excluding carboxylic acids is 1. The molecule has 1 aromatic heterocycles. The molecule has 16 heavy (non-hydrogen) atoms. The third-order valence-electron chi connectivity index (χ3n) is 1.92. The maximum absolute atomic E-state index is 10.4. The van der Waals surface area contributed by atoms with Gasteiger partial charge in [-0.15, -0.1) is 0 Å². The van der Waals surface area contributed by atoms with Gasteiger partial charge in [-0.25, -0.2) is 10.2 Å². The van der Waals surface area contributed by atoms with E-state index in [4.69, 9.17) is 5.73 Å². The molecule has 0 spiro atoms. The standard InChI is InChI=1S/C9H8BrN5O/c10-8-6-3-5(4-12-15-9(11)16)1-2-7(6)13-14-8/h1-4H,(H,13,14)(H3,11,15,16). The number of nitrogens with two attached hydrogens (primary N) is 1. The number of benzene rings is 1. The van der Waals surface area contributed by atoms with Crippen LogP contribution in [0.15, 0.2) is 27.9 Å². The van der Waals surface area contributed by atoms with Crippen LogP contribution in [0, 0.1) is 0 Å². The highest BCUT2D eigenvalue weighted by Gasteiger charge is 2.02. The zero-order chi connectivity index (χ0) is 11.5. The summed E-state index contributed by atoms with van der Waals surface area (Å²) in [5.74, 6) is 0. The summed E-state index contributed by atoms with van der Waals surface area (Å²) in [4.78, 5) is 10.4. The summed E-state index contributed by atoms with van der Waals surface area (Å²) in [6.45, 7) is 0. The molecule has 6 nitrogen and oxygen atoms in total. The molecule has 0 aliphatic heterocycles. The van der Waals surface area contributed by atoms with Crippen molar-refractivity contribution in [3.8, 4) is 0 Å². The molecule has 2 rings (SSSR count). The van der Waals surface area contributed by atoms with Gasteiger partial charge in [0.05, 0.1) is 11.7 Å². The molecule has 82 valence electrons. The minimum atomic E-state index is -0.693. The number of hydrogen-bond donors (Lipinski definition) is 3. The number of urea groups is 1. The Bertz CT molecular complexity index is 562. The minimum absolute atomic E-state index is 0.693. The summed E-state index contributed by atoms with van der Waals surface area (Å²) >= 11 is 3.34. The number of hydrogen-bond acceptors (Lipinski definition) is 3. The summed E-state index contributed by atoms with van der Waals surface area (Å²) in [6.07, 6.45) is 1.50. The van der Waals surface area contributed by atoms with Crippen molar-refractivity contribution in [3.63, 3.8) is 0 Å². The Balaban J connectivity index is 2.28. The lowest BCUT2D eigenvalue weighted by Crippen LogP contribution is -2.24. The highest BCUT2D eigenvalue weighted by atomic mass is 79.9. The molecule has 4 N–H and O–H groups in total. The van der Waals surface area contributed by atoms with Crippen molar-refractivity contribution in [2.45, 2.75) is 0 Å². The van der Waals surface area contributed by atoms with Crippen LogP contribution in [0.25, 0.3) is 10.9 Å². The van der Waals surface area contributed by atoms with Crippen molar-refractivity contribution >= 4 is 39.1 Å². The number of primary amides is 1. The number of rotatable bonds is 2. The fraction of sp³-hybridized carbons (Fsp3) is 0. The molecule has 0 saturated heterocycles. The summed E-state index contributed by atoms with van der Waals surface area (Å²) in [7, 11) is 0.